The van der Waals surface area contributed by atoms with Gasteiger partial charge in [-0.25, -0.2) is 0 Å². The number of Topliss-reactive ketones (excluding diaryl/α,β-unsaturated/α-hetero) is 4. The Kier molecular flexibility index (Phi) is 10.3. The van der Waals surface area contributed by atoms with Crippen LogP contribution < -0.4 is 0 Å². The summed E-state index contributed by atoms with van der Waals surface area (Å²) in [6.07, 6.45) is 19.8. The van der Waals surface area contributed by atoms with E-state index in [9.17, 15) is 19.2 Å². The summed E-state index contributed by atoms with van der Waals surface area (Å²) in [5, 5.41) is 0. The zero-order valence-corrected chi connectivity index (χ0v) is 19.8. The van der Waals surface area contributed by atoms with Crippen LogP contribution in [0, 0.1) is 23.7 Å². The summed E-state index contributed by atoms with van der Waals surface area (Å²) in [5.74, 6) is -0.206. The van der Waals surface area contributed by atoms with E-state index in [4.69, 9.17) is 0 Å². The minimum Gasteiger partial charge on any atom is -0.299 e. The first-order valence-corrected chi connectivity index (χ1v) is 13.3. The fourth-order valence-corrected chi connectivity index (χ4v) is 6.12. The molecular formula is C28H42O4. The van der Waals surface area contributed by atoms with Gasteiger partial charge in [0.15, 0.2) is 0 Å². The highest BCUT2D eigenvalue weighted by Gasteiger charge is 2.40. The molecule has 0 spiro atoms. The maximum absolute atomic E-state index is 13.2. The van der Waals surface area contributed by atoms with Crippen LogP contribution in [0.25, 0.3) is 0 Å². The number of fused-ring (bicyclic) bond motifs is 3. The maximum Gasteiger partial charge on any atom is 0.202 e. The molecule has 3 rings (SSSR count). The van der Waals surface area contributed by atoms with Gasteiger partial charge in [0.05, 0.1) is 0 Å². The fraction of sp³-hybridized carbons (Fsp3) is 0.786. The van der Waals surface area contributed by atoms with Crippen molar-refractivity contribution in [2.75, 3.05) is 0 Å². The Morgan fingerprint density at radius 2 is 1.31 bits per heavy atom. The van der Waals surface area contributed by atoms with Crippen molar-refractivity contribution >= 4 is 23.1 Å². The molecule has 0 amide bonds. The Bertz CT molecular complexity index is 692. The lowest BCUT2D eigenvalue weighted by Gasteiger charge is -2.32. The largest absolute Gasteiger partial charge is 0.299 e. The molecule has 4 atom stereocenters. The average molecular weight is 443 g/mol. The SMILES string of the molecule is O=C1C/C=C\CCCCC2CCCC(C2)C(=O)C(=O)C2CCCCC2C(=O)CCCCC1. The normalized spacial score (nSPS) is 33.8. The molecule has 4 heteroatoms. The van der Waals surface area contributed by atoms with Crippen molar-refractivity contribution in [1.82, 2.24) is 0 Å². The topological polar surface area (TPSA) is 68.3 Å². The van der Waals surface area contributed by atoms with Crippen LogP contribution in [0.5, 0.6) is 0 Å². The molecule has 0 radical (unpaired) electrons. The highest BCUT2D eigenvalue weighted by molar-refractivity contribution is 6.39. The summed E-state index contributed by atoms with van der Waals surface area (Å²) in [6, 6.07) is 0. The van der Waals surface area contributed by atoms with Crippen LogP contribution in [0.15, 0.2) is 12.2 Å². The summed E-state index contributed by atoms with van der Waals surface area (Å²) in [7, 11) is 0. The average Bonchev–Trinajstić information content (AvgIpc) is 2.81. The molecular weight excluding hydrogens is 400 g/mol. The van der Waals surface area contributed by atoms with Crippen molar-refractivity contribution in [3.63, 3.8) is 0 Å². The van der Waals surface area contributed by atoms with Gasteiger partial charge in [-0.1, -0.05) is 57.1 Å². The van der Waals surface area contributed by atoms with Crippen LogP contribution in [0.4, 0.5) is 0 Å². The zero-order valence-electron chi connectivity index (χ0n) is 19.8. The number of hydrogen-bond acceptors (Lipinski definition) is 4. The van der Waals surface area contributed by atoms with E-state index in [0.29, 0.717) is 31.6 Å². The van der Waals surface area contributed by atoms with Gasteiger partial charge in [0.2, 0.25) is 11.6 Å². The molecule has 0 aromatic heterocycles. The van der Waals surface area contributed by atoms with Crippen LogP contribution in [-0.4, -0.2) is 23.1 Å². The van der Waals surface area contributed by atoms with Crippen molar-refractivity contribution in [1.29, 1.82) is 0 Å². The molecule has 4 unspecified atom stereocenters. The second kappa shape index (κ2) is 13.2. The molecule has 0 saturated heterocycles. The van der Waals surface area contributed by atoms with E-state index in [2.05, 4.69) is 6.08 Å². The van der Waals surface area contributed by atoms with E-state index in [1.54, 1.807) is 0 Å². The van der Waals surface area contributed by atoms with Crippen LogP contribution in [0.2, 0.25) is 0 Å². The lowest BCUT2D eigenvalue weighted by Crippen LogP contribution is -2.39. The number of carbonyl (C=O) groups excluding carboxylic acids is 4. The monoisotopic (exact) mass is 442 g/mol. The molecule has 3 aliphatic rings. The number of ketones is 4. The van der Waals surface area contributed by atoms with E-state index in [-0.39, 0.29) is 40.9 Å². The number of allylic oxidation sites excluding steroid dienone is 2. The second-order valence-electron chi connectivity index (χ2n) is 10.5. The fourth-order valence-electron chi connectivity index (χ4n) is 6.12. The molecule has 2 bridgehead atoms. The predicted molar refractivity (Wildman–Crippen MR) is 126 cm³/mol. The van der Waals surface area contributed by atoms with Crippen molar-refractivity contribution in [3.8, 4) is 0 Å². The highest BCUT2D eigenvalue weighted by atomic mass is 16.2. The molecule has 3 aliphatic carbocycles. The van der Waals surface area contributed by atoms with E-state index in [1.165, 1.54) is 0 Å². The summed E-state index contributed by atoms with van der Waals surface area (Å²) < 4.78 is 0. The van der Waals surface area contributed by atoms with Gasteiger partial charge < -0.3 is 0 Å². The van der Waals surface area contributed by atoms with Crippen LogP contribution in [0.1, 0.15) is 116 Å². The van der Waals surface area contributed by atoms with Crippen molar-refractivity contribution in [3.05, 3.63) is 12.2 Å². The van der Waals surface area contributed by atoms with E-state index >= 15 is 0 Å². The molecule has 2 saturated carbocycles. The first kappa shape index (κ1) is 25.1. The first-order valence-electron chi connectivity index (χ1n) is 13.3. The van der Waals surface area contributed by atoms with Crippen LogP contribution >= 0.6 is 0 Å². The van der Waals surface area contributed by atoms with Gasteiger partial charge in [-0.3, -0.25) is 19.2 Å². The summed E-state index contributed by atoms with van der Waals surface area (Å²) in [4.78, 5) is 51.4. The van der Waals surface area contributed by atoms with Crippen molar-refractivity contribution < 1.29 is 19.2 Å². The smallest absolute Gasteiger partial charge is 0.202 e. The number of hydrogen-bond donors (Lipinski definition) is 0. The van der Waals surface area contributed by atoms with Gasteiger partial charge in [-0.15, -0.1) is 0 Å². The molecule has 2 fully saturated rings. The minimum atomic E-state index is -0.383. The molecule has 32 heavy (non-hydrogen) atoms. The third-order valence-corrected chi connectivity index (χ3v) is 8.04. The van der Waals surface area contributed by atoms with Gasteiger partial charge in [0.25, 0.3) is 0 Å². The summed E-state index contributed by atoms with van der Waals surface area (Å²) in [5.41, 5.74) is 0. The van der Waals surface area contributed by atoms with Crippen molar-refractivity contribution in [2.45, 2.75) is 116 Å². The van der Waals surface area contributed by atoms with Crippen LogP contribution in [0.3, 0.4) is 0 Å². The quantitative estimate of drug-likeness (QED) is 0.324. The summed E-state index contributed by atoms with van der Waals surface area (Å²) >= 11 is 0. The molecule has 0 aromatic carbocycles. The Morgan fingerprint density at radius 3 is 2.16 bits per heavy atom. The zero-order chi connectivity index (χ0) is 22.8. The Balaban J connectivity index is 1.66. The molecule has 4 nitrogen and oxygen atoms in total. The maximum atomic E-state index is 13.2. The lowest BCUT2D eigenvalue weighted by molar-refractivity contribution is -0.145. The van der Waals surface area contributed by atoms with E-state index in [1.807, 2.05) is 6.08 Å². The molecule has 178 valence electrons. The summed E-state index contributed by atoms with van der Waals surface area (Å²) in [6.45, 7) is 0. The Morgan fingerprint density at radius 1 is 0.594 bits per heavy atom. The third-order valence-electron chi connectivity index (χ3n) is 8.04. The molecule has 0 N–H and O–H groups in total. The molecule has 0 aromatic rings. The minimum absolute atomic E-state index is 0.126. The third kappa shape index (κ3) is 7.49. The van der Waals surface area contributed by atoms with E-state index in [0.717, 1.165) is 89.9 Å². The molecule has 0 aliphatic heterocycles. The lowest BCUT2D eigenvalue weighted by atomic mass is 9.70. The Labute approximate surface area is 194 Å². The van der Waals surface area contributed by atoms with Crippen LogP contribution in [-0.2, 0) is 19.2 Å². The Hall–Kier alpha value is -1.58. The van der Waals surface area contributed by atoms with Gasteiger partial charge in [0, 0.05) is 37.0 Å². The van der Waals surface area contributed by atoms with Gasteiger partial charge in [0.1, 0.15) is 11.6 Å². The van der Waals surface area contributed by atoms with Gasteiger partial charge in [-0.05, 0) is 57.3 Å². The number of carbonyl (C=O) groups is 4. The highest BCUT2D eigenvalue weighted by Crippen LogP contribution is 2.37. The van der Waals surface area contributed by atoms with Gasteiger partial charge in [-0.2, -0.15) is 0 Å². The predicted octanol–water partition coefficient (Wildman–Crippen LogP) is 6.35. The van der Waals surface area contributed by atoms with Crippen molar-refractivity contribution in [2.24, 2.45) is 23.7 Å². The molecule has 0 heterocycles. The second-order valence-corrected chi connectivity index (χ2v) is 10.5. The van der Waals surface area contributed by atoms with E-state index < -0.39 is 0 Å². The number of rotatable bonds is 0. The standard InChI is InChI=1S/C28H42O4/c29-23-15-6-3-1-2-5-12-21-13-11-14-22(20-21)27(31)28(32)25-18-10-9-17-24(25)26(30)19-8-4-7-16-23/h3,6,21-22,24-25H,1-2,4-5,7-20H2/b6-3-. The first-order chi connectivity index (χ1) is 15.6. The van der Waals surface area contributed by atoms with Gasteiger partial charge >= 0.3 is 0 Å².